The first-order valence-corrected chi connectivity index (χ1v) is 6.64. The lowest BCUT2D eigenvalue weighted by Gasteiger charge is -2.36. The van der Waals surface area contributed by atoms with E-state index in [0.717, 1.165) is 16.0 Å². The molecule has 0 bridgehead atoms. The number of halogens is 2. The minimum absolute atomic E-state index is 0.634. The van der Waals surface area contributed by atoms with Gasteiger partial charge in [-0.1, -0.05) is 46.2 Å². The van der Waals surface area contributed by atoms with Gasteiger partial charge in [-0.2, -0.15) is 0 Å². The number of rotatable bonds is 4. The van der Waals surface area contributed by atoms with Crippen LogP contribution in [0.25, 0.3) is 0 Å². The zero-order valence-electron chi connectivity index (χ0n) is 9.05. The fraction of sp³-hybridized carbons (Fsp3) is 0.385. The van der Waals surface area contributed by atoms with E-state index in [9.17, 15) is 0 Å². The van der Waals surface area contributed by atoms with Gasteiger partial charge in [-0.25, -0.2) is 0 Å². The van der Waals surface area contributed by atoms with E-state index in [4.69, 9.17) is 11.6 Å². The van der Waals surface area contributed by atoms with E-state index in [-0.39, 0.29) is 0 Å². The molecule has 0 atom stereocenters. The molecule has 1 N–H and O–H groups in total. The molecule has 0 amide bonds. The van der Waals surface area contributed by atoms with E-state index in [1.807, 2.05) is 12.1 Å². The fourth-order valence-electron chi connectivity index (χ4n) is 2.05. The predicted octanol–water partition coefficient (Wildman–Crippen LogP) is 4.08. The minimum Gasteiger partial charge on any atom is -0.309 e. The highest BCUT2D eigenvalue weighted by molar-refractivity contribution is 9.11. The molecule has 1 aromatic carbocycles. The van der Waals surface area contributed by atoms with Crippen LogP contribution in [0.5, 0.6) is 0 Å². The number of hydrogen-bond acceptors (Lipinski definition) is 1. The maximum Gasteiger partial charge on any atom is 0.0406 e. The molecular formula is C13H15BrClN. The molecule has 1 fully saturated rings. The van der Waals surface area contributed by atoms with Crippen LogP contribution in [0, 0.1) is 0 Å². The Morgan fingerprint density at radius 3 is 2.56 bits per heavy atom. The summed E-state index contributed by atoms with van der Waals surface area (Å²) in [7, 11) is 0. The Balaban J connectivity index is 1.79. The van der Waals surface area contributed by atoms with Crippen LogP contribution in [0.2, 0.25) is 5.02 Å². The zero-order chi connectivity index (χ0) is 11.5. The SMILES string of the molecule is C=C(Br)CNC1CC(c2ccc(Cl)cc2)C1. The lowest BCUT2D eigenvalue weighted by molar-refractivity contribution is 0.299. The Kier molecular flexibility index (Phi) is 4.06. The summed E-state index contributed by atoms with van der Waals surface area (Å²) in [5, 5.41) is 4.27. The summed E-state index contributed by atoms with van der Waals surface area (Å²) in [5.74, 6) is 0.693. The zero-order valence-corrected chi connectivity index (χ0v) is 11.4. The van der Waals surface area contributed by atoms with E-state index >= 15 is 0 Å². The van der Waals surface area contributed by atoms with Gasteiger partial charge in [0.2, 0.25) is 0 Å². The first-order valence-electron chi connectivity index (χ1n) is 5.47. The van der Waals surface area contributed by atoms with E-state index in [0.29, 0.717) is 12.0 Å². The summed E-state index contributed by atoms with van der Waals surface area (Å²) in [4.78, 5) is 0. The van der Waals surface area contributed by atoms with Crippen LogP contribution >= 0.6 is 27.5 Å². The molecule has 1 aliphatic rings. The molecule has 16 heavy (non-hydrogen) atoms. The Labute approximate surface area is 110 Å². The van der Waals surface area contributed by atoms with Gasteiger partial charge in [0.15, 0.2) is 0 Å². The Bertz CT molecular complexity index is 368. The molecule has 0 unspecified atom stereocenters. The molecule has 1 aliphatic carbocycles. The third-order valence-electron chi connectivity index (χ3n) is 3.06. The maximum atomic E-state index is 5.86. The van der Waals surface area contributed by atoms with Gasteiger partial charge in [-0.15, -0.1) is 0 Å². The molecule has 3 heteroatoms. The number of nitrogens with one attached hydrogen (secondary N) is 1. The third-order valence-corrected chi connectivity index (χ3v) is 3.59. The summed E-state index contributed by atoms with van der Waals surface area (Å²) in [6.07, 6.45) is 2.42. The van der Waals surface area contributed by atoms with E-state index < -0.39 is 0 Å². The molecular weight excluding hydrogens is 286 g/mol. The van der Waals surface area contributed by atoms with Crippen molar-refractivity contribution in [3.05, 3.63) is 45.9 Å². The molecule has 0 aromatic heterocycles. The van der Waals surface area contributed by atoms with Gasteiger partial charge in [0.05, 0.1) is 0 Å². The Morgan fingerprint density at radius 1 is 1.38 bits per heavy atom. The molecule has 0 saturated heterocycles. The van der Waals surface area contributed by atoms with Crippen LogP contribution in [0.4, 0.5) is 0 Å². The lowest BCUT2D eigenvalue weighted by Crippen LogP contribution is -2.40. The largest absolute Gasteiger partial charge is 0.309 e. The first kappa shape index (κ1) is 12.2. The van der Waals surface area contributed by atoms with E-state index in [1.165, 1.54) is 18.4 Å². The topological polar surface area (TPSA) is 12.0 Å². The Hall–Kier alpha value is -0.310. The van der Waals surface area contributed by atoms with Gasteiger partial charge in [-0.05, 0) is 36.5 Å². The van der Waals surface area contributed by atoms with Crippen LogP contribution in [-0.2, 0) is 0 Å². The normalized spacial score (nSPS) is 23.9. The van der Waals surface area contributed by atoms with Gasteiger partial charge < -0.3 is 5.32 Å². The van der Waals surface area contributed by atoms with Crippen molar-refractivity contribution in [3.63, 3.8) is 0 Å². The molecule has 0 radical (unpaired) electrons. The van der Waals surface area contributed by atoms with Crippen molar-refractivity contribution in [2.24, 2.45) is 0 Å². The van der Waals surface area contributed by atoms with E-state index in [1.54, 1.807) is 0 Å². The lowest BCUT2D eigenvalue weighted by atomic mass is 9.76. The third kappa shape index (κ3) is 3.09. The quantitative estimate of drug-likeness (QED) is 0.883. The van der Waals surface area contributed by atoms with Crippen LogP contribution in [-0.4, -0.2) is 12.6 Å². The molecule has 0 heterocycles. The summed E-state index contributed by atoms with van der Waals surface area (Å²) >= 11 is 9.22. The highest BCUT2D eigenvalue weighted by Gasteiger charge is 2.29. The van der Waals surface area contributed by atoms with Crippen LogP contribution < -0.4 is 5.32 Å². The Morgan fingerprint density at radius 2 is 2.00 bits per heavy atom. The summed E-state index contributed by atoms with van der Waals surface area (Å²) in [6.45, 7) is 4.67. The van der Waals surface area contributed by atoms with Crippen molar-refractivity contribution in [2.75, 3.05) is 6.54 Å². The molecule has 2 rings (SSSR count). The highest BCUT2D eigenvalue weighted by atomic mass is 79.9. The average molecular weight is 301 g/mol. The summed E-state index contributed by atoms with van der Waals surface area (Å²) in [5.41, 5.74) is 1.40. The molecule has 1 aromatic rings. The van der Waals surface area contributed by atoms with Crippen molar-refractivity contribution >= 4 is 27.5 Å². The number of hydrogen-bond donors (Lipinski definition) is 1. The van der Waals surface area contributed by atoms with Crippen molar-refractivity contribution in [1.29, 1.82) is 0 Å². The molecule has 0 aliphatic heterocycles. The van der Waals surface area contributed by atoms with Crippen LogP contribution in [0.1, 0.15) is 24.3 Å². The molecule has 0 spiro atoms. The van der Waals surface area contributed by atoms with Crippen molar-refractivity contribution in [2.45, 2.75) is 24.8 Å². The van der Waals surface area contributed by atoms with Gasteiger partial charge >= 0.3 is 0 Å². The standard InChI is InChI=1S/C13H15BrClN/c1-9(14)8-16-13-6-11(7-13)10-2-4-12(15)5-3-10/h2-5,11,13,16H,1,6-8H2. The van der Waals surface area contributed by atoms with E-state index in [2.05, 4.69) is 40.0 Å². The number of benzene rings is 1. The second kappa shape index (κ2) is 5.35. The second-order valence-corrected chi connectivity index (χ2v) is 5.87. The molecule has 1 nitrogen and oxygen atoms in total. The van der Waals surface area contributed by atoms with Crippen LogP contribution in [0.3, 0.4) is 0 Å². The van der Waals surface area contributed by atoms with Crippen molar-refractivity contribution < 1.29 is 0 Å². The fourth-order valence-corrected chi connectivity index (χ4v) is 2.33. The van der Waals surface area contributed by atoms with Gasteiger partial charge in [0.1, 0.15) is 0 Å². The molecule has 86 valence electrons. The monoisotopic (exact) mass is 299 g/mol. The van der Waals surface area contributed by atoms with Gasteiger partial charge in [0, 0.05) is 22.1 Å². The van der Waals surface area contributed by atoms with Crippen molar-refractivity contribution in [1.82, 2.24) is 5.32 Å². The summed E-state index contributed by atoms with van der Waals surface area (Å²) in [6, 6.07) is 8.84. The second-order valence-electron chi connectivity index (χ2n) is 4.31. The summed E-state index contributed by atoms with van der Waals surface area (Å²) < 4.78 is 1.02. The van der Waals surface area contributed by atoms with Crippen LogP contribution in [0.15, 0.2) is 35.3 Å². The van der Waals surface area contributed by atoms with Gasteiger partial charge in [0.25, 0.3) is 0 Å². The first-order chi connectivity index (χ1) is 7.65. The van der Waals surface area contributed by atoms with Crippen molar-refractivity contribution in [3.8, 4) is 0 Å². The highest BCUT2D eigenvalue weighted by Crippen LogP contribution is 2.37. The average Bonchev–Trinajstić information content (AvgIpc) is 2.18. The predicted molar refractivity (Wildman–Crippen MR) is 73.3 cm³/mol. The smallest absolute Gasteiger partial charge is 0.0406 e. The molecule has 1 saturated carbocycles. The maximum absolute atomic E-state index is 5.86. The minimum atomic E-state index is 0.634. The van der Waals surface area contributed by atoms with Gasteiger partial charge in [-0.3, -0.25) is 0 Å².